The molecule has 1 aliphatic heterocycles. The van der Waals surface area contributed by atoms with E-state index in [1.165, 1.54) is 11.1 Å². The summed E-state index contributed by atoms with van der Waals surface area (Å²) in [5.41, 5.74) is 2.78. The summed E-state index contributed by atoms with van der Waals surface area (Å²) in [5, 5.41) is 11.8. The van der Waals surface area contributed by atoms with Crippen LogP contribution >= 0.6 is 0 Å². The van der Waals surface area contributed by atoms with Gasteiger partial charge < -0.3 is 4.90 Å². The van der Waals surface area contributed by atoms with Gasteiger partial charge in [-0.1, -0.05) is 36.8 Å². The Morgan fingerprint density at radius 2 is 1.85 bits per heavy atom. The lowest BCUT2D eigenvalue weighted by molar-refractivity contribution is 0.137. The van der Waals surface area contributed by atoms with E-state index in [9.17, 15) is 8.78 Å². The van der Waals surface area contributed by atoms with Gasteiger partial charge in [0.2, 0.25) is 5.82 Å². The number of hydrogen-bond acceptors (Lipinski definition) is 4. The lowest BCUT2D eigenvalue weighted by atomic mass is 9.86. The Labute approximate surface area is 150 Å². The van der Waals surface area contributed by atoms with E-state index < -0.39 is 12.2 Å². The molecule has 0 N–H and O–H groups in total. The van der Waals surface area contributed by atoms with E-state index in [0.717, 1.165) is 23.9 Å². The Kier molecular flexibility index (Phi) is 4.30. The molecule has 2 atom stereocenters. The first-order chi connectivity index (χ1) is 12.5. The predicted octanol–water partition coefficient (Wildman–Crippen LogP) is 4.35. The van der Waals surface area contributed by atoms with Crippen molar-refractivity contribution in [1.82, 2.24) is 19.8 Å². The number of aromatic nitrogens is 4. The Morgan fingerprint density at radius 3 is 2.58 bits per heavy atom. The molecule has 0 amide bonds. The van der Waals surface area contributed by atoms with Crippen molar-refractivity contribution >= 4 is 11.5 Å². The Bertz CT molecular complexity index is 906. The van der Waals surface area contributed by atoms with Crippen molar-refractivity contribution < 1.29 is 8.78 Å². The van der Waals surface area contributed by atoms with Crippen LogP contribution in [0, 0.1) is 12.8 Å². The van der Waals surface area contributed by atoms with Crippen LogP contribution in [0.15, 0.2) is 36.4 Å². The average Bonchev–Trinajstić information content (AvgIpc) is 3.06. The molecule has 4 rings (SSSR count). The first-order valence-corrected chi connectivity index (χ1v) is 8.88. The van der Waals surface area contributed by atoms with Crippen LogP contribution in [-0.4, -0.2) is 26.4 Å². The van der Waals surface area contributed by atoms with Gasteiger partial charge in [-0.3, -0.25) is 0 Å². The third kappa shape index (κ3) is 2.91. The second-order valence-corrected chi connectivity index (χ2v) is 6.99. The molecule has 0 saturated carbocycles. The zero-order valence-corrected chi connectivity index (χ0v) is 14.8. The molecule has 3 aromatic rings. The van der Waals surface area contributed by atoms with Gasteiger partial charge in [0, 0.05) is 6.54 Å². The molecule has 0 radical (unpaired) electrons. The first kappa shape index (κ1) is 16.9. The van der Waals surface area contributed by atoms with Gasteiger partial charge in [-0.2, -0.15) is 4.52 Å². The molecule has 1 aliphatic rings. The zero-order valence-electron chi connectivity index (χ0n) is 14.8. The van der Waals surface area contributed by atoms with E-state index in [0.29, 0.717) is 17.4 Å². The molecule has 3 heterocycles. The van der Waals surface area contributed by atoms with Crippen LogP contribution in [0.2, 0.25) is 0 Å². The standard InChI is InChI=1S/C19H21F2N5/c1-12-5-7-14(8-6-12)17-13(2)4-3-11-25(17)16-10-9-15-22-23-19(18(20)21)26(15)24-16/h5-10,13,17-18H,3-4,11H2,1-2H3. The molecule has 0 spiro atoms. The van der Waals surface area contributed by atoms with Crippen molar-refractivity contribution in [2.45, 2.75) is 39.2 Å². The monoisotopic (exact) mass is 357 g/mol. The highest BCUT2D eigenvalue weighted by Crippen LogP contribution is 2.38. The lowest BCUT2D eigenvalue weighted by Crippen LogP contribution is -2.38. The number of benzene rings is 1. The van der Waals surface area contributed by atoms with Crippen LogP contribution in [0.25, 0.3) is 5.65 Å². The van der Waals surface area contributed by atoms with Gasteiger partial charge in [0.25, 0.3) is 6.43 Å². The normalized spacial score (nSPS) is 20.9. The summed E-state index contributed by atoms with van der Waals surface area (Å²) in [5.74, 6) is 0.703. The summed E-state index contributed by atoms with van der Waals surface area (Å²) in [6, 6.07) is 12.2. The predicted molar refractivity (Wildman–Crippen MR) is 95.4 cm³/mol. The van der Waals surface area contributed by atoms with Gasteiger partial charge in [0.05, 0.1) is 6.04 Å². The summed E-state index contributed by atoms with van der Waals surface area (Å²) < 4.78 is 27.5. The minimum absolute atomic E-state index is 0.167. The molecule has 1 saturated heterocycles. The van der Waals surface area contributed by atoms with Gasteiger partial charge in [0.1, 0.15) is 5.82 Å². The van der Waals surface area contributed by atoms with Crippen molar-refractivity contribution in [2.24, 2.45) is 5.92 Å². The molecule has 1 fully saturated rings. The van der Waals surface area contributed by atoms with Crippen molar-refractivity contribution in [1.29, 1.82) is 0 Å². The highest BCUT2D eigenvalue weighted by Gasteiger charge is 2.31. The third-order valence-electron chi connectivity index (χ3n) is 5.11. The molecule has 0 bridgehead atoms. The molecule has 0 aliphatic carbocycles. The van der Waals surface area contributed by atoms with Crippen molar-refractivity contribution in [3.8, 4) is 0 Å². The maximum Gasteiger partial charge on any atom is 0.299 e. The minimum Gasteiger partial charge on any atom is -0.348 e. The number of nitrogens with zero attached hydrogens (tertiary/aromatic N) is 5. The van der Waals surface area contributed by atoms with Crippen LogP contribution in [-0.2, 0) is 0 Å². The number of anilines is 1. The van der Waals surface area contributed by atoms with Crippen LogP contribution < -0.4 is 4.90 Å². The number of rotatable bonds is 3. The topological polar surface area (TPSA) is 46.3 Å². The number of aryl methyl sites for hydroxylation is 1. The molecule has 1 aromatic carbocycles. The number of piperidine rings is 1. The highest BCUT2D eigenvalue weighted by molar-refractivity contribution is 5.48. The smallest absolute Gasteiger partial charge is 0.299 e. The molecule has 5 nitrogen and oxygen atoms in total. The minimum atomic E-state index is -2.71. The van der Waals surface area contributed by atoms with Gasteiger partial charge >= 0.3 is 0 Å². The van der Waals surface area contributed by atoms with Crippen molar-refractivity contribution in [3.63, 3.8) is 0 Å². The van der Waals surface area contributed by atoms with E-state index in [1.54, 1.807) is 6.07 Å². The molecular formula is C19H21F2N5. The van der Waals surface area contributed by atoms with Crippen LogP contribution in [0.3, 0.4) is 0 Å². The Morgan fingerprint density at radius 1 is 1.08 bits per heavy atom. The van der Waals surface area contributed by atoms with Crippen LogP contribution in [0.1, 0.15) is 49.2 Å². The summed E-state index contributed by atoms with van der Waals surface area (Å²) in [4.78, 5) is 2.22. The third-order valence-corrected chi connectivity index (χ3v) is 5.11. The zero-order chi connectivity index (χ0) is 18.3. The molecule has 7 heteroatoms. The van der Waals surface area contributed by atoms with E-state index in [4.69, 9.17) is 0 Å². The summed E-state index contributed by atoms with van der Waals surface area (Å²) in [6.07, 6.45) is -0.528. The van der Waals surface area contributed by atoms with Crippen LogP contribution in [0.5, 0.6) is 0 Å². The van der Waals surface area contributed by atoms with Crippen molar-refractivity contribution in [3.05, 3.63) is 53.3 Å². The number of hydrogen-bond donors (Lipinski definition) is 0. The van der Waals surface area contributed by atoms with Gasteiger partial charge in [-0.15, -0.1) is 15.3 Å². The number of halogens is 2. The van der Waals surface area contributed by atoms with Crippen molar-refractivity contribution in [2.75, 3.05) is 11.4 Å². The number of alkyl halides is 2. The number of fused-ring (bicyclic) bond motifs is 1. The van der Waals surface area contributed by atoms with Gasteiger partial charge in [-0.25, -0.2) is 8.78 Å². The fraction of sp³-hybridized carbons (Fsp3) is 0.421. The SMILES string of the molecule is Cc1ccc(C2C(C)CCCN2c2ccc3nnc(C(F)F)n3n2)cc1. The largest absolute Gasteiger partial charge is 0.348 e. The van der Waals surface area contributed by atoms with Crippen LogP contribution in [0.4, 0.5) is 14.6 Å². The molecule has 2 unspecified atom stereocenters. The second-order valence-electron chi connectivity index (χ2n) is 6.99. The molecular weight excluding hydrogens is 336 g/mol. The molecule has 26 heavy (non-hydrogen) atoms. The second kappa shape index (κ2) is 6.63. The molecule has 2 aromatic heterocycles. The average molecular weight is 357 g/mol. The highest BCUT2D eigenvalue weighted by atomic mass is 19.3. The van der Waals surface area contributed by atoms with E-state index in [1.807, 2.05) is 6.07 Å². The Balaban J connectivity index is 1.77. The van der Waals surface area contributed by atoms with Gasteiger partial charge in [0.15, 0.2) is 5.65 Å². The molecule has 136 valence electrons. The summed E-state index contributed by atoms with van der Waals surface area (Å²) >= 11 is 0. The fourth-order valence-corrected chi connectivity index (χ4v) is 3.80. The lowest BCUT2D eigenvalue weighted by Gasteiger charge is -2.41. The Hall–Kier alpha value is -2.57. The van der Waals surface area contributed by atoms with E-state index >= 15 is 0 Å². The van der Waals surface area contributed by atoms with E-state index in [2.05, 4.69) is 58.3 Å². The summed E-state index contributed by atoms with van der Waals surface area (Å²) in [6.45, 7) is 5.14. The van der Waals surface area contributed by atoms with Gasteiger partial charge in [-0.05, 0) is 43.4 Å². The summed E-state index contributed by atoms with van der Waals surface area (Å²) in [7, 11) is 0. The van der Waals surface area contributed by atoms with E-state index in [-0.39, 0.29) is 6.04 Å². The first-order valence-electron chi connectivity index (χ1n) is 8.88. The quantitative estimate of drug-likeness (QED) is 0.699. The maximum atomic E-state index is 13.2. The fourth-order valence-electron chi connectivity index (χ4n) is 3.80. The maximum absolute atomic E-state index is 13.2.